The van der Waals surface area contributed by atoms with E-state index in [4.69, 9.17) is 4.42 Å². The number of halogens is 2. The van der Waals surface area contributed by atoms with Crippen molar-refractivity contribution in [3.8, 4) is 17.2 Å². The van der Waals surface area contributed by atoms with Crippen LogP contribution in [0, 0.1) is 0 Å². The maximum absolute atomic E-state index is 12.0. The van der Waals surface area contributed by atoms with E-state index in [1.54, 1.807) is 30.3 Å². The standard InChI is InChI=1S/C15H10Br2N4O3/c16-9-4-8(14(22)10(17)5-9)7-18-21-15(23)12-6-11(19-20-12)13-2-1-3-24-13/h1-7,22H,(H,19,20)(H,21,23). The Bertz CT molecular complexity index is 904. The highest BCUT2D eigenvalue weighted by Crippen LogP contribution is 2.30. The number of hydrazone groups is 1. The molecule has 1 aromatic carbocycles. The van der Waals surface area contributed by atoms with Crippen molar-refractivity contribution in [3.63, 3.8) is 0 Å². The second kappa shape index (κ2) is 7.02. The molecule has 2 heterocycles. The summed E-state index contributed by atoms with van der Waals surface area (Å²) in [5.74, 6) is 0.110. The van der Waals surface area contributed by atoms with Gasteiger partial charge in [0.25, 0.3) is 5.91 Å². The van der Waals surface area contributed by atoms with Crippen molar-refractivity contribution in [1.82, 2.24) is 15.6 Å². The molecule has 0 radical (unpaired) electrons. The first-order valence-electron chi connectivity index (χ1n) is 6.65. The number of H-pyrrole nitrogens is 1. The molecule has 0 saturated heterocycles. The number of nitrogens with zero attached hydrogens (tertiary/aromatic N) is 2. The number of carbonyl (C=O) groups is 1. The van der Waals surface area contributed by atoms with E-state index < -0.39 is 5.91 Å². The summed E-state index contributed by atoms with van der Waals surface area (Å²) in [5, 5.41) is 20.4. The van der Waals surface area contributed by atoms with E-state index in [1.807, 2.05) is 0 Å². The molecule has 2 aromatic heterocycles. The quantitative estimate of drug-likeness (QED) is 0.414. The highest BCUT2D eigenvalue weighted by atomic mass is 79.9. The SMILES string of the molecule is O=C(NN=Cc1cc(Br)cc(Br)c1O)c1cc(-c2ccco2)[nH]n1. The lowest BCUT2D eigenvalue weighted by Crippen LogP contribution is -2.18. The van der Waals surface area contributed by atoms with Crippen LogP contribution in [0.1, 0.15) is 16.1 Å². The molecule has 0 atom stereocenters. The zero-order valence-corrected chi connectivity index (χ0v) is 15.1. The van der Waals surface area contributed by atoms with Crippen LogP contribution in [-0.2, 0) is 0 Å². The third-order valence-corrected chi connectivity index (χ3v) is 4.09. The van der Waals surface area contributed by atoms with Gasteiger partial charge in [0.2, 0.25) is 0 Å². The number of aromatic hydroxyl groups is 1. The number of aromatic nitrogens is 2. The minimum Gasteiger partial charge on any atom is -0.506 e. The Morgan fingerprint density at radius 3 is 2.96 bits per heavy atom. The number of furan rings is 1. The zero-order valence-electron chi connectivity index (χ0n) is 12.0. The molecule has 0 fully saturated rings. The molecule has 3 rings (SSSR count). The van der Waals surface area contributed by atoms with E-state index in [1.165, 1.54) is 12.5 Å². The van der Waals surface area contributed by atoms with Crippen LogP contribution in [0.3, 0.4) is 0 Å². The maximum atomic E-state index is 12.0. The van der Waals surface area contributed by atoms with Crippen LogP contribution in [-0.4, -0.2) is 27.4 Å². The Morgan fingerprint density at radius 2 is 2.21 bits per heavy atom. The number of hydrogen-bond acceptors (Lipinski definition) is 5. The highest BCUT2D eigenvalue weighted by molar-refractivity contribution is 9.11. The van der Waals surface area contributed by atoms with Crippen molar-refractivity contribution in [2.75, 3.05) is 0 Å². The highest BCUT2D eigenvalue weighted by Gasteiger charge is 2.12. The van der Waals surface area contributed by atoms with Gasteiger partial charge in [-0.1, -0.05) is 15.9 Å². The van der Waals surface area contributed by atoms with E-state index in [-0.39, 0.29) is 11.4 Å². The van der Waals surface area contributed by atoms with Gasteiger partial charge in [-0.05, 0) is 40.2 Å². The lowest BCUT2D eigenvalue weighted by Gasteiger charge is -2.02. The van der Waals surface area contributed by atoms with Crippen LogP contribution >= 0.6 is 31.9 Å². The first-order valence-corrected chi connectivity index (χ1v) is 8.24. The van der Waals surface area contributed by atoms with E-state index in [0.29, 0.717) is 21.5 Å². The van der Waals surface area contributed by atoms with Crippen molar-refractivity contribution in [1.29, 1.82) is 0 Å². The van der Waals surface area contributed by atoms with Gasteiger partial charge in [-0.2, -0.15) is 10.2 Å². The van der Waals surface area contributed by atoms with Crippen LogP contribution in [0.15, 0.2) is 55.1 Å². The second-order valence-corrected chi connectivity index (χ2v) is 6.44. The molecule has 1 amide bonds. The third-order valence-electron chi connectivity index (χ3n) is 3.02. The molecule has 3 aromatic rings. The summed E-state index contributed by atoms with van der Waals surface area (Å²) >= 11 is 6.54. The second-order valence-electron chi connectivity index (χ2n) is 4.67. The van der Waals surface area contributed by atoms with E-state index in [2.05, 4.69) is 52.6 Å². The topological polar surface area (TPSA) is 104 Å². The molecule has 0 spiro atoms. The number of amides is 1. The van der Waals surface area contributed by atoms with Crippen LogP contribution in [0.4, 0.5) is 0 Å². The minimum atomic E-state index is -0.492. The van der Waals surface area contributed by atoms with Gasteiger partial charge in [-0.25, -0.2) is 5.43 Å². The van der Waals surface area contributed by atoms with Gasteiger partial charge in [-0.3, -0.25) is 9.89 Å². The Kier molecular flexibility index (Phi) is 4.81. The van der Waals surface area contributed by atoms with Crippen LogP contribution < -0.4 is 5.43 Å². The van der Waals surface area contributed by atoms with Crippen molar-refractivity contribution in [3.05, 3.63) is 56.8 Å². The summed E-state index contributed by atoms with van der Waals surface area (Å²) in [5.41, 5.74) is 3.54. The Labute approximate surface area is 153 Å². The molecular formula is C15H10Br2N4O3. The molecule has 122 valence electrons. The molecular weight excluding hydrogens is 444 g/mol. The largest absolute Gasteiger partial charge is 0.506 e. The molecule has 0 bridgehead atoms. The van der Waals surface area contributed by atoms with Gasteiger partial charge < -0.3 is 9.52 Å². The number of hydrogen-bond donors (Lipinski definition) is 3. The lowest BCUT2D eigenvalue weighted by molar-refractivity contribution is 0.0950. The summed E-state index contributed by atoms with van der Waals surface area (Å²) in [7, 11) is 0. The van der Waals surface area contributed by atoms with E-state index in [9.17, 15) is 9.90 Å². The van der Waals surface area contributed by atoms with Gasteiger partial charge in [-0.15, -0.1) is 0 Å². The van der Waals surface area contributed by atoms with Gasteiger partial charge in [0.15, 0.2) is 11.5 Å². The molecule has 0 unspecified atom stereocenters. The minimum absolute atomic E-state index is 0.0241. The maximum Gasteiger partial charge on any atom is 0.291 e. The molecule has 0 aliphatic carbocycles. The molecule has 0 saturated carbocycles. The van der Waals surface area contributed by atoms with Gasteiger partial charge >= 0.3 is 0 Å². The smallest absolute Gasteiger partial charge is 0.291 e. The summed E-state index contributed by atoms with van der Waals surface area (Å²) in [4.78, 5) is 12.0. The molecule has 3 N–H and O–H groups in total. The van der Waals surface area contributed by atoms with Crippen LogP contribution in [0.2, 0.25) is 0 Å². The number of phenols is 1. The van der Waals surface area contributed by atoms with Crippen LogP contribution in [0.25, 0.3) is 11.5 Å². The summed E-state index contributed by atoms with van der Waals surface area (Å²) in [6.07, 6.45) is 2.87. The fraction of sp³-hybridized carbons (Fsp3) is 0. The fourth-order valence-electron chi connectivity index (χ4n) is 1.90. The Hall–Kier alpha value is -2.39. The van der Waals surface area contributed by atoms with E-state index in [0.717, 1.165) is 4.47 Å². The Balaban J connectivity index is 1.70. The normalized spacial score (nSPS) is 11.1. The predicted molar refractivity (Wildman–Crippen MR) is 94.9 cm³/mol. The summed E-state index contributed by atoms with van der Waals surface area (Å²) in [6.45, 7) is 0. The number of carbonyl (C=O) groups excluding carboxylic acids is 1. The van der Waals surface area contributed by atoms with Crippen molar-refractivity contribution < 1.29 is 14.3 Å². The van der Waals surface area contributed by atoms with Gasteiger partial charge in [0, 0.05) is 16.1 Å². The average molecular weight is 454 g/mol. The molecule has 0 aliphatic heterocycles. The first-order chi connectivity index (χ1) is 11.5. The summed E-state index contributed by atoms with van der Waals surface area (Å²) in [6, 6.07) is 8.41. The lowest BCUT2D eigenvalue weighted by atomic mass is 10.2. The van der Waals surface area contributed by atoms with Crippen molar-refractivity contribution in [2.45, 2.75) is 0 Å². The first kappa shape index (κ1) is 16.5. The number of benzene rings is 1. The predicted octanol–water partition coefficient (Wildman–Crippen LogP) is 3.66. The molecule has 0 aliphatic rings. The fourth-order valence-corrected chi connectivity index (χ4v) is 3.16. The van der Waals surface area contributed by atoms with Crippen molar-refractivity contribution >= 4 is 44.0 Å². The van der Waals surface area contributed by atoms with Crippen molar-refractivity contribution in [2.24, 2.45) is 5.10 Å². The molecule has 9 heteroatoms. The zero-order chi connectivity index (χ0) is 17.1. The summed E-state index contributed by atoms with van der Waals surface area (Å²) < 4.78 is 6.49. The van der Waals surface area contributed by atoms with E-state index >= 15 is 0 Å². The number of aromatic amines is 1. The average Bonchev–Trinajstić information content (AvgIpc) is 3.22. The third kappa shape index (κ3) is 3.57. The van der Waals surface area contributed by atoms with Gasteiger partial charge in [0.05, 0.1) is 17.0 Å². The number of rotatable bonds is 4. The van der Waals surface area contributed by atoms with Gasteiger partial charge in [0.1, 0.15) is 11.4 Å². The number of nitrogens with one attached hydrogen (secondary N) is 2. The van der Waals surface area contributed by atoms with Crippen LogP contribution in [0.5, 0.6) is 5.75 Å². The number of phenolic OH excluding ortho intramolecular Hbond substituents is 1. The Morgan fingerprint density at radius 1 is 1.38 bits per heavy atom. The monoisotopic (exact) mass is 452 g/mol. The molecule has 7 nitrogen and oxygen atoms in total. The molecule has 24 heavy (non-hydrogen) atoms.